The minimum absolute atomic E-state index is 0.343. The van der Waals surface area contributed by atoms with E-state index in [-0.39, 0.29) is 0 Å². The second-order valence-electron chi connectivity index (χ2n) is 2.55. The molecule has 64 valence electrons. The van der Waals surface area contributed by atoms with E-state index >= 15 is 0 Å². The molecule has 0 bridgehead atoms. The maximum absolute atomic E-state index is 5.79. The van der Waals surface area contributed by atoms with Crippen LogP contribution in [0.25, 0.3) is 15.9 Å². The quantitative estimate of drug-likeness (QED) is 0.570. The summed E-state index contributed by atoms with van der Waals surface area (Å²) in [5.41, 5.74) is 0.760. The summed E-state index contributed by atoms with van der Waals surface area (Å²) in [4.78, 5) is 5.17. The van der Waals surface area contributed by atoms with Gasteiger partial charge >= 0.3 is 0 Å². The monoisotopic (exact) mass is 210 g/mol. The van der Waals surface area contributed by atoms with Gasteiger partial charge in [0.2, 0.25) is 5.28 Å². The van der Waals surface area contributed by atoms with Crippen molar-refractivity contribution in [2.75, 3.05) is 0 Å². The van der Waals surface area contributed by atoms with Crippen molar-refractivity contribution in [1.82, 2.24) is 19.6 Å². The van der Waals surface area contributed by atoms with Gasteiger partial charge in [-0.1, -0.05) is 0 Å². The molecular weight excluding hydrogens is 208 g/mol. The van der Waals surface area contributed by atoms with Crippen molar-refractivity contribution in [3.8, 4) is 0 Å². The van der Waals surface area contributed by atoms with Crippen molar-refractivity contribution in [2.45, 2.75) is 0 Å². The van der Waals surface area contributed by atoms with E-state index < -0.39 is 0 Å². The molecule has 0 saturated carbocycles. The summed E-state index contributed by atoms with van der Waals surface area (Å²) in [7, 11) is 0. The lowest BCUT2D eigenvalue weighted by molar-refractivity contribution is 1.08. The third kappa shape index (κ3) is 0.882. The Morgan fingerprint density at radius 2 is 2.31 bits per heavy atom. The molecule has 0 aliphatic heterocycles. The van der Waals surface area contributed by atoms with Crippen molar-refractivity contribution < 1.29 is 0 Å². The lowest BCUT2D eigenvalue weighted by Gasteiger charge is -1.92. The summed E-state index contributed by atoms with van der Waals surface area (Å²) in [5, 5.41) is 11.0. The van der Waals surface area contributed by atoms with E-state index in [9.17, 15) is 0 Å². The zero-order valence-electron chi connectivity index (χ0n) is 6.31. The van der Waals surface area contributed by atoms with E-state index in [0.29, 0.717) is 5.28 Å². The molecule has 3 heterocycles. The number of fused-ring (bicyclic) bond motifs is 3. The molecule has 0 saturated heterocycles. The number of hydrogen-bond acceptors (Lipinski definition) is 4. The summed E-state index contributed by atoms with van der Waals surface area (Å²) in [5.74, 6) is 0. The fourth-order valence-electron chi connectivity index (χ4n) is 1.24. The lowest BCUT2D eigenvalue weighted by Crippen LogP contribution is -1.86. The minimum Gasteiger partial charge on any atom is -0.255 e. The van der Waals surface area contributed by atoms with E-state index in [1.54, 1.807) is 22.1 Å². The summed E-state index contributed by atoms with van der Waals surface area (Å²) in [6.07, 6.45) is 1.64. The Morgan fingerprint density at radius 1 is 1.38 bits per heavy atom. The first-order valence-electron chi connectivity index (χ1n) is 3.59. The van der Waals surface area contributed by atoms with Crippen LogP contribution in [0.4, 0.5) is 0 Å². The molecule has 0 fully saturated rings. The third-order valence-corrected chi connectivity index (χ3v) is 2.91. The highest BCUT2D eigenvalue weighted by molar-refractivity contribution is 7.16. The van der Waals surface area contributed by atoms with Gasteiger partial charge in [0.05, 0.1) is 5.39 Å². The van der Waals surface area contributed by atoms with Gasteiger partial charge < -0.3 is 0 Å². The first kappa shape index (κ1) is 7.23. The Labute approximate surface area is 81.8 Å². The summed E-state index contributed by atoms with van der Waals surface area (Å²) in [6, 6.07) is 1.97. The summed E-state index contributed by atoms with van der Waals surface area (Å²) >= 11 is 7.37. The predicted octanol–water partition coefficient (Wildman–Crippen LogP) is 1.99. The molecule has 6 heteroatoms. The van der Waals surface area contributed by atoms with Gasteiger partial charge in [0.15, 0.2) is 5.65 Å². The first-order valence-corrected chi connectivity index (χ1v) is 4.84. The first-order chi connectivity index (χ1) is 6.36. The van der Waals surface area contributed by atoms with Gasteiger partial charge in [-0.3, -0.25) is 4.40 Å². The van der Waals surface area contributed by atoms with Crippen LogP contribution in [0, 0.1) is 0 Å². The van der Waals surface area contributed by atoms with Gasteiger partial charge in [0.1, 0.15) is 11.2 Å². The van der Waals surface area contributed by atoms with Crippen molar-refractivity contribution in [3.63, 3.8) is 0 Å². The second-order valence-corrected chi connectivity index (χ2v) is 3.78. The van der Waals surface area contributed by atoms with Gasteiger partial charge in [-0.05, 0) is 23.0 Å². The van der Waals surface area contributed by atoms with Crippen molar-refractivity contribution in [3.05, 3.63) is 23.1 Å². The molecule has 0 spiro atoms. The van der Waals surface area contributed by atoms with Gasteiger partial charge in [0.25, 0.3) is 0 Å². The number of aromatic nitrogens is 4. The molecule has 0 radical (unpaired) electrons. The molecular formula is C7H3ClN4S. The molecule has 3 aromatic rings. The molecule has 4 nitrogen and oxygen atoms in total. The number of rotatable bonds is 0. The van der Waals surface area contributed by atoms with E-state index in [2.05, 4.69) is 15.2 Å². The molecule has 0 N–H and O–H groups in total. The number of nitrogens with zero attached hydrogens (tertiary/aromatic N) is 4. The molecule has 13 heavy (non-hydrogen) atoms. The van der Waals surface area contributed by atoms with Crippen LogP contribution in [0.3, 0.4) is 0 Å². The van der Waals surface area contributed by atoms with Crippen molar-refractivity contribution >= 4 is 38.8 Å². The second kappa shape index (κ2) is 2.40. The standard InChI is InChI=1S/C7H3ClN4S/c8-7-11-10-5-4-1-2-13-6(4)9-3-12(5)7/h1-3H. The largest absolute Gasteiger partial charge is 0.255 e. The van der Waals surface area contributed by atoms with Crippen LogP contribution in [0.5, 0.6) is 0 Å². The van der Waals surface area contributed by atoms with Crippen LogP contribution in [0.15, 0.2) is 17.8 Å². The lowest BCUT2D eigenvalue weighted by atomic mass is 10.4. The van der Waals surface area contributed by atoms with Crippen LogP contribution in [0.1, 0.15) is 0 Å². The van der Waals surface area contributed by atoms with Crippen LogP contribution in [-0.4, -0.2) is 19.6 Å². The molecule has 0 aliphatic rings. The molecule has 3 aromatic heterocycles. The third-order valence-electron chi connectivity index (χ3n) is 1.83. The fourth-order valence-corrected chi connectivity index (χ4v) is 2.13. The van der Waals surface area contributed by atoms with E-state index in [1.165, 1.54) is 0 Å². The Balaban J connectivity index is 2.66. The molecule has 0 unspecified atom stereocenters. The highest BCUT2D eigenvalue weighted by Gasteiger charge is 2.07. The SMILES string of the molecule is Clc1nnc2c3ccsc3ncn12. The van der Waals surface area contributed by atoms with E-state index in [4.69, 9.17) is 11.6 Å². The Morgan fingerprint density at radius 3 is 3.23 bits per heavy atom. The predicted molar refractivity (Wildman–Crippen MR) is 51.2 cm³/mol. The van der Waals surface area contributed by atoms with Crippen molar-refractivity contribution in [2.24, 2.45) is 0 Å². The van der Waals surface area contributed by atoms with Gasteiger partial charge in [0, 0.05) is 0 Å². The van der Waals surface area contributed by atoms with Crippen LogP contribution in [-0.2, 0) is 0 Å². The topological polar surface area (TPSA) is 43.1 Å². The Kier molecular flexibility index (Phi) is 1.33. The molecule has 0 amide bonds. The number of hydrogen-bond donors (Lipinski definition) is 0. The zero-order chi connectivity index (χ0) is 8.84. The van der Waals surface area contributed by atoms with Gasteiger partial charge in [-0.15, -0.1) is 21.5 Å². The Hall–Kier alpha value is -1.20. The maximum Gasteiger partial charge on any atom is 0.230 e. The maximum atomic E-state index is 5.79. The van der Waals surface area contributed by atoms with Crippen LogP contribution in [0.2, 0.25) is 5.28 Å². The van der Waals surface area contributed by atoms with Crippen LogP contribution >= 0.6 is 22.9 Å². The normalized spacial score (nSPS) is 11.5. The zero-order valence-corrected chi connectivity index (χ0v) is 7.88. The molecule has 0 aliphatic carbocycles. The highest BCUT2D eigenvalue weighted by atomic mass is 35.5. The van der Waals surface area contributed by atoms with Crippen LogP contribution < -0.4 is 0 Å². The van der Waals surface area contributed by atoms with E-state index in [1.807, 2.05) is 11.4 Å². The van der Waals surface area contributed by atoms with Gasteiger partial charge in [-0.2, -0.15) is 0 Å². The summed E-state index contributed by atoms with van der Waals surface area (Å²) in [6.45, 7) is 0. The fraction of sp³-hybridized carbons (Fsp3) is 0. The Bertz CT molecular complexity index is 584. The molecule has 0 aromatic carbocycles. The smallest absolute Gasteiger partial charge is 0.230 e. The highest BCUT2D eigenvalue weighted by Crippen LogP contribution is 2.22. The van der Waals surface area contributed by atoms with E-state index in [0.717, 1.165) is 15.9 Å². The number of halogens is 1. The average molecular weight is 211 g/mol. The van der Waals surface area contributed by atoms with Crippen molar-refractivity contribution in [1.29, 1.82) is 0 Å². The van der Waals surface area contributed by atoms with Gasteiger partial charge in [-0.25, -0.2) is 4.98 Å². The average Bonchev–Trinajstić information content (AvgIpc) is 2.70. The molecule has 3 rings (SSSR count). The minimum atomic E-state index is 0.343. The number of thiophene rings is 1. The summed E-state index contributed by atoms with van der Waals surface area (Å²) < 4.78 is 1.66. The molecule has 0 atom stereocenters.